The second-order valence-corrected chi connectivity index (χ2v) is 10.6. The lowest BCUT2D eigenvalue weighted by Gasteiger charge is -2.35. The number of alkyl halides is 2. The SMILES string of the molecule is CN(C)C1CCN(C(=O)c2ccc3c(c2)cc(C(=O)N2CCCC(F)C2F)n3-c2cccc(Cl)c2)CC1. The van der Waals surface area contributed by atoms with Crippen LogP contribution >= 0.6 is 11.6 Å². The molecule has 2 fully saturated rings. The summed E-state index contributed by atoms with van der Waals surface area (Å²) in [6, 6.07) is 14.5. The molecular formula is C28H31ClF2N4O2. The number of nitrogens with zero attached hydrogens (tertiary/aromatic N) is 4. The van der Waals surface area contributed by atoms with Gasteiger partial charge in [0, 0.05) is 47.3 Å². The van der Waals surface area contributed by atoms with Gasteiger partial charge >= 0.3 is 0 Å². The Kier molecular flexibility index (Phi) is 7.23. The molecule has 5 rings (SSSR count). The highest BCUT2D eigenvalue weighted by molar-refractivity contribution is 6.30. The lowest BCUT2D eigenvalue weighted by atomic mass is 10.0. The molecule has 0 spiro atoms. The van der Waals surface area contributed by atoms with Crippen LogP contribution < -0.4 is 0 Å². The molecule has 2 aliphatic rings. The van der Waals surface area contributed by atoms with Crippen LogP contribution in [0.15, 0.2) is 48.5 Å². The summed E-state index contributed by atoms with van der Waals surface area (Å²) in [5.74, 6) is -0.646. The number of benzene rings is 2. The molecule has 3 heterocycles. The molecule has 37 heavy (non-hydrogen) atoms. The van der Waals surface area contributed by atoms with E-state index in [9.17, 15) is 18.4 Å². The number of hydrogen-bond acceptors (Lipinski definition) is 3. The first-order chi connectivity index (χ1) is 17.7. The first kappa shape index (κ1) is 25.7. The van der Waals surface area contributed by atoms with E-state index < -0.39 is 18.4 Å². The molecule has 0 saturated carbocycles. The monoisotopic (exact) mass is 528 g/mol. The Bertz CT molecular complexity index is 1320. The number of amides is 2. The third kappa shape index (κ3) is 4.97. The van der Waals surface area contributed by atoms with Gasteiger partial charge in [-0.1, -0.05) is 17.7 Å². The summed E-state index contributed by atoms with van der Waals surface area (Å²) in [5.41, 5.74) is 2.03. The van der Waals surface area contributed by atoms with E-state index in [0.29, 0.717) is 52.7 Å². The minimum Gasteiger partial charge on any atom is -0.339 e. The van der Waals surface area contributed by atoms with Gasteiger partial charge in [0.1, 0.15) is 11.9 Å². The molecule has 2 saturated heterocycles. The van der Waals surface area contributed by atoms with Crippen molar-refractivity contribution in [2.24, 2.45) is 0 Å². The third-order valence-corrected chi connectivity index (χ3v) is 7.79. The van der Waals surface area contributed by atoms with Crippen LogP contribution in [-0.2, 0) is 0 Å². The number of fused-ring (bicyclic) bond motifs is 1. The number of carbonyl (C=O) groups is 2. The highest BCUT2D eigenvalue weighted by Crippen LogP contribution is 2.31. The van der Waals surface area contributed by atoms with Crippen molar-refractivity contribution in [2.45, 2.75) is 44.2 Å². The summed E-state index contributed by atoms with van der Waals surface area (Å²) < 4.78 is 30.6. The Morgan fingerprint density at radius 2 is 1.70 bits per heavy atom. The van der Waals surface area contributed by atoms with Gasteiger partial charge in [-0.25, -0.2) is 8.78 Å². The maximum Gasteiger partial charge on any atom is 0.273 e. The largest absolute Gasteiger partial charge is 0.339 e. The third-order valence-electron chi connectivity index (χ3n) is 7.55. The van der Waals surface area contributed by atoms with Crippen LogP contribution in [0.25, 0.3) is 16.6 Å². The number of piperidine rings is 2. The molecule has 196 valence electrons. The fourth-order valence-corrected chi connectivity index (χ4v) is 5.63. The minimum atomic E-state index is -1.99. The number of halogens is 3. The summed E-state index contributed by atoms with van der Waals surface area (Å²) in [7, 11) is 4.12. The van der Waals surface area contributed by atoms with E-state index in [1.165, 1.54) is 0 Å². The van der Waals surface area contributed by atoms with Crippen molar-refractivity contribution in [1.82, 2.24) is 19.3 Å². The standard InChI is InChI=1S/C28H31ClF2N4O2/c1-32(2)21-10-13-33(14-11-21)27(36)18-8-9-24-19(15-18)16-25(35(24)22-6-3-5-20(29)17-22)28(37)34-12-4-7-23(30)26(34)31/h3,5-6,8-9,15-17,21,23,26H,4,7,10-14H2,1-2H3. The molecule has 0 radical (unpaired) electrons. The summed E-state index contributed by atoms with van der Waals surface area (Å²) in [5, 5.41) is 1.15. The van der Waals surface area contributed by atoms with E-state index in [1.54, 1.807) is 53.1 Å². The van der Waals surface area contributed by atoms with Gasteiger partial charge in [0.05, 0.1) is 5.52 Å². The lowest BCUT2D eigenvalue weighted by Crippen LogP contribution is -2.47. The van der Waals surface area contributed by atoms with Crippen LogP contribution in [0.3, 0.4) is 0 Å². The van der Waals surface area contributed by atoms with Crippen molar-refractivity contribution < 1.29 is 18.4 Å². The van der Waals surface area contributed by atoms with Crippen LogP contribution in [0.1, 0.15) is 46.5 Å². The molecule has 2 aromatic carbocycles. The Morgan fingerprint density at radius 3 is 2.41 bits per heavy atom. The van der Waals surface area contributed by atoms with E-state index in [4.69, 9.17) is 11.6 Å². The molecule has 0 aliphatic carbocycles. The normalized spacial score (nSPS) is 21.1. The zero-order chi connectivity index (χ0) is 26.3. The predicted octanol–water partition coefficient (Wildman–Crippen LogP) is 5.32. The average molecular weight is 529 g/mol. The zero-order valence-corrected chi connectivity index (χ0v) is 21.8. The van der Waals surface area contributed by atoms with Crippen LogP contribution in [0.2, 0.25) is 5.02 Å². The minimum absolute atomic E-state index is 0.0531. The molecule has 2 aliphatic heterocycles. The van der Waals surface area contributed by atoms with Gasteiger partial charge in [0.15, 0.2) is 0 Å². The first-order valence-electron chi connectivity index (χ1n) is 12.7. The smallest absolute Gasteiger partial charge is 0.273 e. The summed E-state index contributed by atoms with van der Waals surface area (Å²) in [6.07, 6.45) is -1.37. The Morgan fingerprint density at radius 1 is 0.946 bits per heavy atom. The summed E-state index contributed by atoms with van der Waals surface area (Å²) >= 11 is 6.25. The second-order valence-electron chi connectivity index (χ2n) is 10.1. The Balaban J connectivity index is 1.53. The average Bonchev–Trinajstić information content (AvgIpc) is 3.28. The molecule has 0 bridgehead atoms. The molecule has 9 heteroatoms. The van der Waals surface area contributed by atoms with E-state index in [2.05, 4.69) is 19.0 Å². The van der Waals surface area contributed by atoms with E-state index >= 15 is 0 Å². The summed E-state index contributed by atoms with van der Waals surface area (Å²) in [4.78, 5) is 31.9. The van der Waals surface area contributed by atoms with Crippen molar-refractivity contribution >= 4 is 34.3 Å². The van der Waals surface area contributed by atoms with Crippen LogP contribution in [0, 0.1) is 0 Å². The van der Waals surface area contributed by atoms with Gasteiger partial charge in [0.25, 0.3) is 11.8 Å². The highest BCUT2D eigenvalue weighted by Gasteiger charge is 2.36. The van der Waals surface area contributed by atoms with E-state index in [1.807, 2.05) is 4.90 Å². The second kappa shape index (κ2) is 10.4. The number of likely N-dealkylation sites (tertiary alicyclic amines) is 2. The topological polar surface area (TPSA) is 48.8 Å². The van der Waals surface area contributed by atoms with Crippen LogP contribution in [0.5, 0.6) is 0 Å². The highest BCUT2D eigenvalue weighted by atomic mass is 35.5. The first-order valence-corrected chi connectivity index (χ1v) is 13.1. The van der Waals surface area contributed by atoms with Crippen LogP contribution in [-0.4, -0.2) is 83.3 Å². The fourth-order valence-electron chi connectivity index (χ4n) is 5.44. The van der Waals surface area contributed by atoms with Crippen molar-refractivity contribution in [1.29, 1.82) is 0 Å². The molecule has 2 unspecified atom stereocenters. The fraction of sp³-hybridized carbons (Fsp3) is 0.429. The van der Waals surface area contributed by atoms with Gasteiger partial charge in [0.2, 0.25) is 6.30 Å². The van der Waals surface area contributed by atoms with Gasteiger partial charge in [-0.05, 0) is 82.2 Å². The Hall–Kier alpha value is -2.97. The number of aromatic nitrogens is 1. The maximum absolute atomic E-state index is 14.7. The molecule has 3 aromatic rings. The van der Waals surface area contributed by atoms with Crippen LogP contribution in [0.4, 0.5) is 8.78 Å². The zero-order valence-electron chi connectivity index (χ0n) is 21.0. The number of rotatable bonds is 4. The van der Waals surface area contributed by atoms with E-state index in [0.717, 1.165) is 17.7 Å². The lowest BCUT2D eigenvalue weighted by molar-refractivity contribution is -0.00946. The quantitative estimate of drug-likeness (QED) is 0.431. The molecule has 1 aromatic heterocycles. The molecule has 2 amide bonds. The molecule has 6 nitrogen and oxygen atoms in total. The van der Waals surface area contributed by atoms with E-state index in [-0.39, 0.29) is 24.6 Å². The van der Waals surface area contributed by atoms with Crippen molar-refractivity contribution in [3.05, 3.63) is 64.8 Å². The van der Waals surface area contributed by atoms with Crippen molar-refractivity contribution in [3.8, 4) is 5.69 Å². The Labute approximate surface area is 220 Å². The molecular weight excluding hydrogens is 498 g/mol. The maximum atomic E-state index is 14.7. The van der Waals surface area contributed by atoms with Gasteiger partial charge in [-0.3, -0.25) is 9.59 Å². The number of carbonyl (C=O) groups excluding carboxylic acids is 2. The predicted molar refractivity (Wildman–Crippen MR) is 141 cm³/mol. The number of hydrogen-bond donors (Lipinski definition) is 0. The summed E-state index contributed by atoms with van der Waals surface area (Å²) in [6.45, 7) is 1.51. The van der Waals surface area contributed by atoms with Crippen molar-refractivity contribution in [3.63, 3.8) is 0 Å². The molecule has 2 atom stereocenters. The van der Waals surface area contributed by atoms with Gasteiger partial charge in [-0.15, -0.1) is 0 Å². The van der Waals surface area contributed by atoms with Gasteiger partial charge in [-0.2, -0.15) is 0 Å². The molecule has 0 N–H and O–H groups in total. The van der Waals surface area contributed by atoms with Crippen molar-refractivity contribution in [2.75, 3.05) is 33.7 Å². The van der Waals surface area contributed by atoms with Gasteiger partial charge < -0.3 is 19.3 Å².